The van der Waals surface area contributed by atoms with E-state index in [0.717, 1.165) is 47.5 Å². The van der Waals surface area contributed by atoms with Gasteiger partial charge in [0.1, 0.15) is 6.10 Å². The molecule has 2 N–H and O–H groups in total. The van der Waals surface area contributed by atoms with Crippen molar-refractivity contribution in [2.45, 2.75) is 32.3 Å². The largest absolute Gasteiger partial charge is 0.442 e. The molecule has 1 atom stereocenters. The second-order valence-electron chi connectivity index (χ2n) is 8.04. The van der Waals surface area contributed by atoms with Crippen LogP contribution in [-0.2, 0) is 22.4 Å². The summed E-state index contributed by atoms with van der Waals surface area (Å²) in [5, 5.41) is 10.6. The van der Waals surface area contributed by atoms with Crippen LogP contribution < -0.4 is 10.2 Å². The molecular weight excluding hydrogens is 392 g/mol. The van der Waals surface area contributed by atoms with E-state index in [2.05, 4.69) is 39.8 Å². The first-order valence-corrected chi connectivity index (χ1v) is 10.6. The van der Waals surface area contributed by atoms with Gasteiger partial charge in [0.15, 0.2) is 0 Å². The minimum atomic E-state index is -0.390. The van der Waals surface area contributed by atoms with Gasteiger partial charge in [-0.2, -0.15) is 5.10 Å². The number of hydrogen-bond donors (Lipinski definition) is 2. The predicted molar refractivity (Wildman–Crippen MR) is 118 cm³/mol. The van der Waals surface area contributed by atoms with Crippen molar-refractivity contribution in [1.29, 1.82) is 0 Å². The lowest BCUT2D eigenvalue weighted by Gasteiger charge is -2.16. The van der Waals surface area contributed by atoms with Gasteiger partial charge >= 0.3 is 6.09 Å². The van der Waals surface area contributed by atoms with Crippen LogP contribution in [0, 0.1) is 0 Å². The molecule has 7 heteroatoms. The fourth-order valence-corrected chi connectivity index (χ4v) is 4.40. The van der Waals surface area contributed by atoms with Crippen LogP contribution in [0.5, 0.6) is 0 Å². The van der Waals surface area contributed by atoms with E-state index >= 15 is 0 Å². The van der Waals surface area contributed by atoms with Gasteiger partial charge in [0.05, 0.1) is 24.5 Å². The topological polar surface area (TPSA) is 87.3 Å². The second-order valence-corrected chi connectivity index (χ2v) is 8.04. The van der Waals surface area contributed by atoms with E-state index in [1.165, 1.54) is 18.1 Å². The van der Waals surface area contributed by atoms with Gasteiger partial charge in [-0.15, -0.1) is 0 Å². The number of H-pyrrole nitrogens is 1. The summed E-state index contributed by atoms with van der Waals surface area (Å²) in [6.07, 6.45) is 2.22. The summed E-state index contributed by atoms with van der Waals surface area (Å²) in [6.45, 7) is 2.17. The highest BCUT2D eigenvalue weighted by molar-refractivity contribution is 5.91. The molecule has 158 valence electrons. The molecule has 2 aliphatic rings. The normalized spacial score (nSPS) is 17.5. The van der Waals surface area contributed by atoms with Gasteiger partial charge in [0.2, 0.25) is 5.91 Å². The SMILES string of the molecule is CC(=O)NC[C@H]1CN(c2ccc3c(c2)-c2[nH]nc(-c4ccccc4)c2CCC3)C(=O)O1. The molecule has 1 fully saturated rings. The van der Waals surface area contributed by atoms with Crippen molar-refractivity contribution in [3.05, 3.63) is 59.7 Å². The average Bonchev–Trinajstić information content (AvgIpc) is 3.31. The zero-order valence-corrected chi connectivity index (χ0v) is 17.4. The molecule has 2 heterocycles. The lowest BCUT2D eigenvalue weighted by atomic mass is 9.99. The van der Waals surface area contributed by atoms with Crippen molar-refractivity contribution in [3.8, 4) is 22.5 Å². The average molecular weight is 416 g/mol. The van der Waals surface area contributed by atoms with Gasteiger partial charge < -0.3 is 10.1 Å². The molecule has 2 aromatic carbocycles. The first-order chi connectivity index (χ1) is 15.1. The molecule has 0 saturated carbocycles. The maximum Gasteiger partial charge on any atom is 0.414 e. The van der Waals surface area contributed by atoms with Crippen LogP contribution in [0.3, 0.4) is 0 Å². The lowest BCUT2D eigenvalue weighted by Crippen LogP contribution is -2.33. The van der Waals surface area contributed by atoms with Crippen molar-refractivity contribution >= 4 is 17.7 Å². The van der Waals surface area contributed by atoms with Crippen LogP contribution in [0.2, 0.25) is 0 Å². The summed E-state index contributed by atoms with van der Waals surface area (Å²) in [6, 6.07) is 16.3. The molecule has 5 rings (SSSR count). The molecule has 1 aliphatic heterocycles. The van der Waals surface area contributed by atoms with E-state index in [4.69, 9.17) is 4.74 Å². The van der Waals surface area contributed by atoms with Crippen molar-refractivity contribution in [1.82, 2.24) is 15.5 Å². The second kappa shape index (κ2) is 7.91. The Labute approximate surface area is 180 Å². The summed E-state index contributed by atoms with van der Waals surface area (Å²) in [5.41, 5.74) is 7.45. The Hall–Kier alpha value is -3.61. The van der Waals surface area contributed by atoms with Crippen molar-refractivity contribution in [2.75, 3.05) is 18.0 Å². The quantitative estimate of drug-likeness (QED) is 0.679. The summed E-state index contributed by atoms with van der Waals surface area (Å²) in [7, 11) is 0. The van der Waals surface area contributed by atoms with E-state index in [0.29, 0.717) is 13.1 Å². The maximum atomic E-state index is 12.5. The van der Waals surface area contributed by atoms with Crippen LogP contribution in [0.15, 0.2) is 48.5 Å². The fraction of sp³-hybridized carbons (Fsp3) is 0.292. The number of carbonyl (C=O) groups is 2. The fourth-order valence-electron chi connectivity index (χ4n) is 4.40. The molecule has 0 spiro atoms. The monoisotopic (exact) mass is 416 g/mol. The zero-order valence-electron chi connectivity index (χ0n) is 17.4. The Kier molecular flexibility index (Phi) is 4.94. The Morgan fingerprint density at radius 3 is 2.87 bits per heavy atom. The Bertz CT molecular complexity index is 1140. The molecule has 1 aromatic heterocycles. The molecular formula is C24H24N4O3. The van der Waals surface area contributed by atoms with Gasteiger partial charge in [-0.05, 0) is 37.0 Å². The highest BCUT2D eigenvalue weighted by Crippen LogP contribution is 2.38. The molecule has 3 aromatic rings. The molecule has 2 amide bonds. The zero-order chi connectivity index (χ0) is 21.4. The number of fused-ring (bicyclic) bond motifs is 3. The van der Waals surface area contributed by atoms with Gasteiger partial charge in [0, 0.05) is 29.3 Å². The Morgan fingerprint density at radius 2 is 2.06 bits per heavy atom. The number of hydrogen-bond acceptors (Lipinski definition) is 4. The molecule has 31 heavy (non-hydrogen) atoms. The van der Waals surface area contributed by atoms with E-state index in [1.807, 2.05) is 24.3 Å². The molecule has 7 nitrogen and oxygen atoms in total. The number of carbonyl (C=O) groups excluding carboxylic acids is 2. The van der Waals surface area contributed by atoms with Crippen molar-refractivity contribution in [3.63, 3.8) is 0 Å². The van der Waals surface area contributed by atoms with E-state index < -0.39 is 6.09 Å². The van der Waals surface area contributed by atoms with Gasteiger partial charge in [0.25, 0.3) is 0 Å². The summed E-state index contributed by atoms with van der Waals surface area (Å²) >= 11 is 0. The summed E-state index contributed by atoms with van der Waals surface area (Å²) in [4.78, 5) is 25.3. The minimum absolute atomic E-state index is 0.138. The number of aromatic nitrogens is 2. The van der Waals surface area contributed by atoms with Crippen LogP contribution >= 0.6 is 0 Å². The number of amides is 2. The third-order valence-electron chi connectivity index (χ3n) is 5.91. The third-order valence-corrected chi connectivity index (χ3v) is 5.91. The van der Waals surface area contributed by atoms with Gasteiger partial charge in [-0.25, -0.2) is 4.79 Å². The van der Waals surface area contributed by atoms with Crippen molar-refractivity contribution < 1.29 is 14.3 Å². The number of cyclic esters (lactones) is 1. The minimum Gasteiger partial charge on any atom is -0.442 e. The van der Waals surface area contributed by atoms with Gasteiger partial charge in [-0.1, -0.05) is 36.4 Å². The van der Waals surface area contributed by atoms with E-state index in [9.17, 15) is 9.59 Å². The smallest absolute Gasteiger partial charge is 0.414 e. The van der Waals surface area contributed by atoms with Crippen LogP contribution in [-0.4, -0.2) is 41.4 Å². The molecule has 0 radical (unpaired) electrons. The number of ether oxygens (including phenoxy) is 1. The Balaban J connectivity index is 1.48. The van der Waals surface area contributed by atoms with E-state index in [1.54, 1.807) is 4.90 Å². The van der Waals surface area contributed by atoms with Crippen molar-refractivity contribution in [2.24, 2.45) is 0 Å². The maximum absolute atomic E-state index is 12.5. The molecule has 1 saturated heterocycles. The number of aromatic amines is 1. The molecule has 0 bridgehead atoms. The standard InChI is InChI=1S/C24H24N4O3/c1-15(29)25-13-19-14-28(24(30)31-19)18-11-10-16-8-5-9-20-22(17-6-3-2-4-7-17)26-27-23(20)21(16)12-18/h2-4,6-7,10-12,19H,5,8-9,13-14H2,1H3,(H,25,29)(H,26,27)/t19-/m0/s1. The number of nitrogens with zero attached hydrogens (tertiary/aromatic N) is 2. The summed E-state index contributed by atoms with van der Waals surface area (Å²) < 4.78 is 5.43. The Morgan fingerprint density at radius 1 is 1.23 bits per heavy atom. The first-order valence-electron chi connectivity index (χ1n) is 10.6. The van der Waals surface area contributed by atoms with Crippen LogP contribution in [0.25, 0.3) is 22.5 Å². The number of rotatable bonds is 4. The lowest BCUT2D eigenvalue weighted by molar-refractivity contribution is -0.119. The number of aryl methyl sites for hydroxylation is 1. The highest BCUT2D eigenvalue weighted by atomic mass is 16.6. The molecule has 0 unspecified atom stereocenters. The summed E-state index contributed by atoms with van der Waals surface area (Å²) in [5.74, 6) is -0.138. The predicted octanol–water partition coefficient (Wildman–Crippen LogP) is 3.69. The number of benzene rings is 2. The molecule has 1 aliphatic carbocycles. The number of anilines is 1. The first kappa shape index (κ1) is 19.4. The van der Waals surface area contributed by atoms with E-state index in [-0.39, 0.29) is 12.0 Å². The van der Waals surface area contributed by atoms with Crippen LogP contribution in [0.4, 0.5) is 10.5 Å². The van der Waals surface area contributed by atoms with Crippen LogP contribution in [0.1, 0.15) is 24.5 Å². The van der Waals surface area contributed by atoms with Gasteiger partial charge in [-0.3, -0.25) is 14.8 Å². The third kappa shape index (κ3) is 3.67. The highest BCUT2D eigenvalue weighted by Gasteiger charge is 2.33. The number of nitrogens with one attached hydrogen (secondary N) is 2.